The molecule has 1 aromatic carbocycles. The van der Waals surface area contributed by atoms with Gasteiger partial charge in [-0.2, -0.15) is 0 Å². The molecule has 0 aliphatic heterocycles. The average molecular weight is 427 g/mol. The van der Waals surface area contributed by atoms with Crippen LogP contribution in [-0.2, 0) is 5.41 Å². The molecule has 2 aromatic rings. The third-order valence-electron chi connectivity index (χ3n) is 6.91. The Balaban J connectivity index is 1.44. The van der Waals surface area contributed by atoms with E-state index in [9.17, 15) is 9.90 Å². The van der Waals surface area contributed by atoms with E-state index in [0.717, 1.165) is 27.9 Å². The number of rotatable bonds is 4. The normalized spacial score (nSPS) is 31.1. The van der Waals surface area contributed by atoms with E-state index in [4.69, 9.17) is 0 Å². The van der Waals surface area contributed by atoms with E-state index in [1.807, 2.05) is 0 Å². The molecule has 0 unspecified atom stereocenters. The van der Waals surface area contributed by atoms with Gasteiger partial charge in [0.15, 0.2) is 0 Å². The Morgan fingerprint density at radius 2 is 1.78 bits per heavy atom. The first-order valence-corrected chi connectivity index (χ1v) is 10.6. The van der Waals surface area contributed by atoms with Crippen LogP contribution in [0.5, 0.6) is 0 Å². The molecule has 4 saturated carbocycles. The first-order valence-electron chi connectivity index (χ1n) is 9.78. The molecule has 0 radical (unpaired) electrons. The Morgan fingerprint density at radius 1 is 1.11 bits per heavy atom. The van der Waals surface area contributed by atoms with Crippen LogP contribution >= 0.6 is 15.9 Å². The zero-order valence-electron chi connectivity index (χ0n) is 15.1. The summed E-state index contributed by atoms with van der Waals surface area (Å²) in [4.78, 5) is 15.6. The summed E-state index contributed by atoms with van der Waals surface area (Å²) in [5, 5.41) is 12.5. The number of pyridine rings is 1. The van der Waals surface area contributed by atoms with Crippen molar-refractivity contribution in [3.8, 4) is 0 Å². The predicted octanol–water partition coefficient (Wildman–Crippen LogP) is 5.75. The first-order chi connectivity index (χ1) is 13.0. The maximum atomic E-state index is 11.4. The van der Waals surface area contributed by atoms with Crippen molar-refractivity contribution in [3.63, 3.8) is 0 Å². The van der Waals surface area contributed by atoms with E-state index >= 15 is 0 Å². The Hall–Kier alpha value is -1.88. The molecule has 4 fully saturated rings. The van der Waals surface area contributed by atoms with Gasteiger partial charge in [-0.05, 0) is 107 Å². The van der Waals surface area contributed by atoms with Crippen molar-refractivity contribution in [2.45, 2.75) is 43.9 Å². The monoisotopic (exact) mass is 426 g/mol. The number of carboxylic acid groups (broad SMARTS) is 1. The molecule has 4 nitrogen and oxygen atoms in total. The van der Waals surface area contributed by atoms with Crippen LogP contribution in [0.15, 0.2) is 41.0 Å². The maximum Gasteiger partial charge on any atom is 0.339 e. The molecule has 0 amide bonds. The highest BCUT2D eigenvalue weighted by atomic mass is 79.9. The molecular weight excluding hydrogens is 404 g/mol. The summed E-state index contributed by atoms with van der Waals surface area (Å²) in [7, 11) is 0. The zero-order chi connectivity index (χ0) is 18.6. The van der Waals surface area contributed by atoms with E-state index in [0.29, 0.717) is 11.2 Å². The van der Waals surface area contributed by atoms with Crippen molar-refractivity contribution in [1.29, 1.82) is 0 Å². The van der Waals surface area contributed by atoms with Gasteiger partial charge < -0.3 is 10.4 Å². The number of aromatic carboxylic acids is 1. The second-order valence-corrected chi connectivity index (χ2v) is 9.58. The lowest BCUT2D eigenvalue weighted by atomic mass is 9.48. The minimum absolute atomic E-state index is 0.176. The van der Waals surface area contributed by atoms with Crippen LogP contribution in [0.4, 0.5) is 11.5 Å². The summed E-state index contributed by atoms with van der Waals surface area (Å²) in [6.45, 7) is 0. The van der Waals surface area contributed by atoms with Crippen LogP contribution < -0.4 is 5.32 Å². The predicted molar refractivity (Wildman–Crippen MR) is 108 cm³/mol. The maximum absolute atomic E-state index is 11.4. The topological polar surface area (TPSA) is 62.2 Å². The molecule has 4 aliphatic rings. The number of carboxylic acids is 1. The fraction of sp³-hybridized carbons (Fsp3) is 0.455. The summed E-state index contributed by atoms with van der Waals surface area (Å²) < 4.78 is 0.970. The molecule has 6 rings (SSSR count). The lowest BCUT2D eigenvalue weighted by molar-refractivity contribution is -0.00520. The molecule has 1 aromatic heterocycles. The third-order valence-corrected chi connectivity index (χ3v) is 7.57. The van der Waals surface area contributed by atoms with Crippen LogP contribution in [0.25, 0.3) is 0 Å². The summed E-state index contributed by atoms with van der Waals surface area (Å²) in [5.41, 5.74) is 2.82. The molecular formula is C22H23BrN2O2. The fourth-order valence-corrected chi connectivity index (χ4v) is 6.69. The molecule has 1 heterocycles. The highest BCUT2D eigenvalue weighted by Crippen LogP contribution is 2.61. The Morgan fingerprint density at radius 3 is 2.37 bits per heavy atom. The van der Waals surface area contributed by atoms with Crippen LogP contribution in [-0.4, -0.2) is 16.1 Å². The highest BCUT2D eigenvalue weighted by molar-refractivity contribution is 9.10. The standard InChI is InChI=1S/C22H23BrN2O2/c23-18-9-16(22-10-13-6-14(11-22)8-15(7-13)12-22)3-4-19(18)25-20-17(21(26)27)2-1-5-24-20/h1-5,9,13-15H,6-8,10-12H2,(H,24,25)(H,26,27). The molecule has 4 aliphatic carbocycles. The number of anilines is 2. The largest absolute Gasteiger partial charge is 0.478 e. The molecule has 4 bridgehead atoms. The van der Waals surface area contributed by atoms with Crippen LogP contribution in [0.1, 0.15) is 54.4 Å². The molecule has 27 heavy (non-hydrogen) atoms. The van der Waals surface area contributed by atoms with E-state index in [2.05, 4.69) is 44.4 Å². The van der Waals surface area contributed by atoms with Gasteiger partial charge in [0.2, 0.25) is 0 Å². The minimum Gasteiger partial charge on any atom is -0.478 e. The smallest absolute Gasteiger partial charge is 0.339 e. The number of benzene rings is 1. The van der Waals surface area contributed by atoms with Crippen LogP contribution in [0.3, 0.4) is 0 Å². The van der Waals surface area contributed by atoms with Crippen molar-refractivity contribution < 1.29 is 9.90 Å². The molecule has 0 spiro atoms. The second kappa shape index (κ2) is 6.33. The number of hydrogen-bond donors (Lipinski definition) is 2. The van der Waals surface area contributed by atoms with E-state index in [1.54, 1.807) is 18.3 Å². The Kier molecular flexibility index (Phi) is 4.04. The average Bonchev–Trinajstić information content (AvgIpc) is 2.62. The molecule has 5 heteroatoms. The minimum atomic E-state index is -0.980. The van der Waals surface area contributed by atoms with Gasteiger partial charge in [-0.3, -0.25) is 0 Å². The molecule has 0 saturated heterocycles. The number of aromatic nitrogens is 1. The zero-order valence-corrected chi connectivity index (χ0v) is 16.7. The van der Waals surface area contributed by atoms with Gasteiger partial charge in [-0.15, -0.1) is 0 Å². The fourth-order valence-electron chi connectivity index (χ4n) is 6.22. The summed E-state index contributed by atoms with van der Waals surface area (Å²) in [5.74, 6) is 2.14. The highest BCUT2D eigenvalue weighted by Gasteiger charge is 2.51. The Bertz CT molecular complexity index is 876. The first kappa shape index (κ1) is 17.2. The number of carbonyl (C=O) groups is 1. The van der Waals surface area contributed by atoms with Gasteiger partial charge in [-0.1, -0.05) is 6.07 Å². The van der Waals surface area contributed by atoms with Gasteiger partial charge in [0.1, 0.15) is 11.4 Å². The van der Waals surface area contributed by atoms with Crippen molar-refractivity contribution >= 4 is 33.4 Å². The van der Waals surface area contributed by atoms with Crippen molar-refractivity contribution in [2.75, 3.05) is 5.32 Å². The summed E-state index contributed by atoms with van der Waals surface area (Å²) in [6.07, 6.45) is 9.93. The third kappa shape index (κ3) is 2.96. The second-order valence-electron chi connectivity index (χ2n) is 8.72. The lowest BCUT2D eigenvalue weighted by Crippen LogP contribution is -2.48. The molecule has 2 N–H and O–H groups in total. The van der Waals surface area contributed by atoms with Crippen molar-refractivity contribution in [3.05, 3.63) is 52.1 Å². The summed E-state index contributed by atoms with van der Waals surface area (Å²) >= 11 is 3.71. The number of halogens is 1. The molecule has 0 atom stereocenters. The quantitative estimate of drug-likeness (QED) is 0.652. The van der Waals surface area contributed by atoms with Crippen molar-refractivity contribution in [2.24, 2.45) is 17.8 Å². The molecule has 140 valence electrons. The number of nitrogens with zero attached hydrogens (tertiary/aromatic N) is 1. The van der Waals surface area contributed by atoms with E-state index in [-0.39, 0.29) is 5.56 Å². The van der Waals surface area contributed by atoms with Gasteiger partial charge in [0.05, 0.1) is 5.69 Å². The number of nitrogens with one attached hydrogen (secondary N) is 1. The van der Waals surface area contributed by atoms with Gasteiger partial charge in [0, 0.05) is 10.7 Å². The van der Waals surface area contributed by atoms with Crippen molar-refractivity contribution in [1.82, 2.24) is 4.98 Å². The van der Waals surface area contributed by atoms with Gasteiger partial charge in [-0.25, -0.2) is 9.78 Å². The summed E-state index contributed by atoms with van der Waals surface area (Å²) in [6, 6.07) is 9.76. The Labute approximate surface area is 167 Å². The van der Waals surface area contributed by atoms with Gasteiger partial charge in [0.25, 0.3) is 0 Å². The number of hydrogen-bond acceptors (Lipinski definition) is 3. The van der Waals surface area contributed by atoms with Crippen LogP contribution in [0, 0.1) is 17.8 Å². The van der Waals surface area contributed by atoms with E-state index < -0.39 is 5.97 Å². The SMILES string of the molecule is O=C(O)c1cccnc1Nc1ccc(C23CC4CC(CC(C4)C2)C3)cc1Br. The van der Waals surface area contributed by atoms with Crippen LogP contribution in [0.2, 0.25) is 0 Å². The lowest BCUT2D eigenvalue weighted by Gasteiger charge is -2.57. The van der Waals surface area contributed by atoms with Gasteiger partial charge >= 0.3 is 5.97 Å². The van der Waals surface area contributed by atoms with E-state index in [1.165, 1.54) is 44.1 Å².